The molecule has 1 aromatic heterocycles. The lowest BCUT2D eigenvalue weighted by Gasteiger charge is -2.34. The SMILES string of the molecule is C#Cc1cc(-c2c(C)cc(C)cc2C)c(F)c([C@@H](CC(=O)O)NC(=O)[C@H](CC(C)C)n2cc(C3CCN(C[C@H]4CC4(F)F)CC3)c(C(F)(F)F)cc2=O)c1F. The van der Waals surface area contributed by atoms with Gasteiger partial charge in [0.25, 0.3) is 11.5 Å². The molecule has 55 heavy (non-hydrogen) atoms. The van der Waals surface area contributed by atoms with E-state index in [9.17, 15) is 41.4 Å². The Labute approximate surface area is 314 Å². The van der Waals surface area contributed by atoms with Crippen LogP contribution in [0.1, 0.15) is 103 Å². The molecule has 2 fully saturated rings. The summed E-state index contributed by atoms with van der Waals surface area (Å²) in [5.41, 5.74) is -1.42. The number of pyridine rings is 1. The van der Waals surface area contributed by atoms with Crippen LogP contribution in [-0.2, 0) is 15.8 Å². The Morgan fingerprint density at radius 2 is 1.64 bits per heavy atom. The Morgan fingerprint density at radius 3 is 2.15 bits per heavy atom. The molecule has 3 aromatic rings. The van der Waals surface area contributed by atoms with Crippen LogP contribution in [0.3, 0.4) is 0 Å². The molecule has 14 heteroatoms. The number of carbonyl (C=O) groups is 2. The maximum Gasteiger partial charge on any atom is 0.416 e. The molecular weight excluding hydrogens is 731 g/mol. The van der Waals surface area contributed by atoms with Gasteiger partial charge in [0.1, 0.15) is 17.7 Å². The molecule has 2 aromatic carbocycles. The van der Waals surface area contributed by atoms with Gasteiger partial charge in [0.2, 0.25) is 5.91 Å². The third kappa shape index (κ3) is 9.09. The molecule has 1 saturated heterocycles. The maximum absolute atomic E-state index is 16.6. The average Bonchev–Trinajstić information content (AvgIpc) is 3.68. The van der Waals surface area contributed by atoms with Crippen molar-refractivity contribution in [3.8, 4) is 23.5 Å². The number of hydrogen-bond donors (Lipinski definition) is 2. The van der Waals surface area contributed by atoms with E-state index in [1.807, 2.05) is 6.92 Å². The van der Waals surface area contributed by atoms with Gasteiger partial charge in [0.15, 0.2) is 0 Å². The van der Waals surface area contributed by atoms with Crippen LogP contribution in [0.4, 0.5) is 30.7 Å². The number of aliphatic carboxylic acids is 1. The summed E-state index contributed by atoms with van der Waals surface area (Å²) in [6.07, 6.45) is 0.648. The largest absolute Gasteiger partial charge is 0.481 e. The van der Waals surface area contributed by atoms with Crippen molar-refractivity contribution >= 4 is 11.9 Å². The number of terminal acetylenes is 1. The number of carboxylic acids is 1. The van der Waals surface area contributed by atoms with Gasteiger partial charge in [-0.05, 0) is 93.3 Å². The monoisotopic (exact) mass is 775 g/mol. The van der Waals surface area contributed by atoms with Crippen LogP contribution in [0.15, 0.2) is 35.3 Å². The van der Waals surface area contributed by atoms with E-state index in [1.54, 1.807) is 44.7 Å². The number of aryl methyl sites for hydroxylation is 3. The summed E-state index contributed by atoms with van der Waals surface area (Å²) in [4.78, 5) is 41.6. The van der Waals surface area contributed by atoms with E-state index in [0.717, 1.165) is 22.4 Å². The van der Waals surface area contributed by atoms with Gasteiger partial charge in [-0.2, -0.15) is 13.2 Å². The Balaban J connectivity index is 1.56. The number of nitrogens with zero attached hydrogens (tertiary/aromatic N) is 2. The predicted octanol–water partition coefficient (Wildman–Crippen LogP) is 8.47. The third-order valence-electron chi connectivity index (χ3n) is 10.6. The van der Waals surface area contributed by atoms with Gasteiger partial charge >= 0.3 is 12.1 Å². The second kappa shape index (κ2) is 15.8. The zero-order valence-electron chi connectivity index (χ0n) is 31.2. The standard InChI is InChI=1S/C41H44F7N3O4/c1-7-25-15-28(35-23(5)13-22(4)14-24(35)6)38(43)36(37(25)42)31(17-34(53)54)49-39(55)32(12-21(2)3)51-20-29(30(16-33(51)52)41(46,47)48)26-8-10-50(11-9-26)19-27-18-40(27,44)45/h1,13-16,20-21,26-27,31-32H,8-12,17-19H2,2-6H3,(H,49,55)(H,53,54)/t27-,31-,32+/m1/s1. The number of carboxylic acid groups (broad SMARTS) is 1. The summed E-state index contributed by atoms with van der Waals surface area (Å²) < 4.78 is 104. The van der Waals surface area contributed by atoms with Crippen molar-refractivity contribution in [2.45, 2.75) is 96.8 Å². The number of amides is 1. The van der Waals surface area contributed by atoms with Crippen molar-refractivity contribution in [2.75, 3.05) is 19.6 Å². The van der Waals surface area contributed by atoms with Crippen molar-refractivity contribution in [3.05, 3.63) is 91.4 Å². The number of hydrogen-bond acceptors (Lipinski definition) is 4. The molecule has 2 aliphatic rings. The Kier molecular flexibility index (Phi) is 12.0. The van der Waals surface area contributed by atoms with Crippen molar-refractivity contribution in [1.82, 2.24) is 14.8 Å². The predicted molar refractivity (Wildman–Crippen MR) is 193 cm³/mol. The number of rotatable bonds is 12. The first-order chi connectivity index (χ1) is 25.6. The molecule has 0 spiro atoms. The summed E-state index contributed by atoms with van der Waals surface area (Å²) in [6, 6.07) is 1.73. The lowest BCUT2D eigenvalue weighted by Crippen LogP contribution is -2.41. The number of alkyl halides is 5. The number of carbonyl (C=O) groups excluding carboxylic acids is 1. The van der Waals surface area contributed by atoms with Gasteiger partial charge in [0, 0.05) is 42.3 Å². The van der Waals surface area contributed by atoms with E-state index in [0.29, 0.717) is 22.8 Å². The second-order valence-corrected chi connectivity index (χ2v) is 15.4. The van der Waals surface area contributed by atoms with Gasteiger partial charge in [0.05, 0.1) is 23.6 Å². The summed E-state index contributed by atoms with van der Waals surface area (Å²) >= 11 is 0. The minimum absolute atomic E-state index is 0.118. The lowest BCUT2D eigenvalue weighted by atomic mass is 9.87. The fourth-order valence-corrected chi connectivity index (χ4v) is 7.90. The lowest BCUT2D eigenvalue weighted by molar-refractivity contribution is -0.139. The molecule has 5 rings (SSSR count). The highest BCUT2D eigenvalue weighted by Gasteiger charge is 2.57. The quantitative estimate of drug-likeness (QED) is 0.142. The van der Waals surface area contributed by atoms with Crippen LogP contribution in [0.25, 0.3) is 11.1 Å². The zero-order chi connectivity index (χ0) is 40.7. The average molecular weight is 776 g/mol. The highest BCUT2D eigenvalue weighted by molar-refractivity contribution is 5.82. The molecule has 0 unspecified atom stereocenters. The second-order valence-electron chi connectivity index (χ2n) is 15.4. The van der Waals surface area contributed by atoms with Gasteiger partial charge in [-0.3, -0.25) is 14.4 Å². The van der Waals surface area contributed by atoms with Crippen LogP contribution in [0, 0.1) is 56.6 Å². The zero-order valence-corrected chi connectivity index (χ0v) is 31.2. The van der Waals surface area contributed by atoms with Crippen LogP contribution in [-0.4, -0.2) is 52.0 Å². The van der Waals surface area contributed by atoms with E-state index in [2.05, 4.69) is 11.2 Å². The van der Waals surface area contributed by atoms with E-state index >= 15 is 8.78 Å². The Hall–Kier alpha value is -4.64. The number of piperidine rings is 1. The van der Waals surface area contributed by atoms with Crippen molar-refractivity contribution < 1.29 is 45.4 Å². The van der Waals surface area contributed by atoms with Crippen LogP contribution in [0.5, 0.6) is 0 Å². The topological polar surface area (TPSA) is 91.6 Å². The van der Waals surface area contributed by atoms with Crippen molar-refractivity contribution in [1.29, 1.82) is 0 Å². The molecule has 2 N–H and O–H groups in total. The Bertz CT molecular complexity index is 2050. The number of nitrogens with one attached hydrogen (secondary N) is 1. The minimum atomic E-state index is -4.94. The molecular formula is C41H44F7N3O4. The van der Waals surface area contributed by atoms with Gasteiger partial charge in [-0.1, -0.05) is 37.5 Å². The molecule has 1 amide bonds. The van der Waals surface area contributed by atoms with Crippen LogP contribution >= 0.6 is 0 Å². The van der Waals surface area contributed by atoms with Gasteiger partial charge in [-0.15, -0.1) is 6.42 Å². The van der Waals surface area contributed by atoms with Crippen molar-refractivity contribution in [2.24, 2.45) is 11.8 Å². The number of halogens is 7. The molecule has 2 heterocycles. The van der Waals surface area contributed by atoms with Crippen LogP contribution < -0.4 is 10.9 Å². The Morgan fingerprint density at radius 1 is 1.04 bits per heavy atom. The molecule has 1 aliphatic heterocycles. The van der Waals surface area contributed by atoms with Gasteiger partial charge in [-0.25, -0.2) is 17.6 Å². The summed E-state index contributed by atoms with van der Waals surface area (Å²) in [5.74, 6) is -7.47. The molecule has 1 aliphatic carbocycles. The molecule has 0 bridgehead atoms. The highest BCUT2D eigenvalue weighted by atomic mass is 19.4. The highest BCUT2D eigenvalue weighted by Crippen LogP contribution is 2.49. The first-order valence-corrected chi connectivity index (χ1v) is 18.1. The van der Waals surface area contributed by atoms with E-state index in [-0.39, 0.29) is 62.4 Å². The van der Waals surface area contributed by atoms with E-state index in [1.165, 1.54) is 0 Å². The number of aromatic nitrogens is 1. The number of benzene rings is 2. The number of likely N-dealkylation sites (tertiary alicyclic amines) is 1. The van der Waals surface area contributed by atoms with Crippen molar-refractivity contribution in [3.63, 3.8) is 0 Å². The minimum Gasteiger partial charge on any atom is -0.481 e. The fourth-order valence-electron chi connectivity index (χ4n) is 7.90. The molecule has 296 valence electrons. The normalized spacial score (nSPS) is 18.5. The smallest absolute Gasteiger partial charge is 0.416 e. The first kappa shape index (κ1) is 41.5. The molecule has 0 radical (unpaired) electrons. The summed E-state index contributed by atoms with van der Waals surface area (Å²) in [6.45, 7) is 9.28. The maximum atomic E-state index is 16.6. The fraction of sp³-hybridized carbons (Fsp3) is 0.488. The molecule has 7 nitrogen and oxygen atoms in total. The van der Waals surface area contributed by atoms with E-state index in [4.69, 9.17) is 6.42 Å². The summed E-state index contributed by atoms with van der Waals surface area (Å²) in [7, 11) is 0. The molecule has 3 atom stereocenters. The van der Waals surface area contributed by atoms with E-state index < -0.39 is 88.2 Å². The third-order valence-corrected chi connectivity index (χ3v) is 10.6. The van der Waals surface area contributed by atoms with Gasteiger partial charge < -0.3 is 19.9 Å². The van der Waals surface area contributed by atoms with Crippen LogP contribution in [0.2, 0.25) is 0 Å². The first-order valence-electron chi connectivity index (χ1n) is 18.1. The summed E-state index contributed by atoms with van der Waals surface area (Å²) in [5, 5.41) is 12.3. The molecule has 1 saturated carbocycles.